The molecule has 5 nitrogen and oxygen atoms in total. The van der Waals surface area contributed by atoms with Crippen molar-refractivity contribution in [3.05, 3.63) is 11.6 Å². The highest BCUT2D eigenvalue weighted by molar-refractivity contribution is 5.85. The number of carbonyl (C=O) groups is 1. The molecular weight excluding hydrogens is 426 g/mol. The van der Waals surface area contributed by atoms with Gasteiger partial charge in [-0.2, -0.15) is 5.26 Å². The molecule has 3 fully saturated rings. The molecule has 7 atom stereocenters. The summed E-state index contributed by atoms with van der Waals surface area (Å²) in [4.78, 5) is 13.4. The van der Waals surface area contributed by atoms with E-state index in [2.05, 4.69) is 39.8 Å². The first-order valence-electron chi connectivity index (χ1n) is 13.8. The summed E-state index contributed by atoms with van der Waals surface area (Å²) >= 11 is 0. The fraction of sp³-hybridized carbons (Fsp3) is 0.862. The van der Waals surface area contributed by atoms with E-state index in [0.717, 1.165) is 31.3 Å². The summed E-state index contributed by atoms with van der Waals surface area (Å²) in [6.07, 6.45) is 13.2. The number of unbranched alkanes of at least 4 members (excludes halogenated alkanes) is 5. The minimum atomic E-state index is -1.14. The quantitative estimate of drug-likeness (QED) is 0.186. The smallest absolute Gasteiger partial charge is 0.316 e. The number of aliphatic carboxylic acids is 1. The van der Waals surface area contributed by atoms with Gasteiger partial charge in [0.15, 0.2) is 0 Å². The molecule has 1 N–H and O–H groups in total. The Balaban J connectivity index is 1.51. The van der Waals surface area contributed by atoms with Crippen LogP contribution in [0.5, 0.6) is 0 Å². The zero-order valence-corrected chi connectivity index (χ0v) is 21.8. The van der Waals surface area contributed by atoms with E-state index in [1.54, 1.807) is 0 Å². The maximum Gasteiger partial charge on any atom is 0.316 e. The van der Waals surface area contributed by atoms with Gasteiger partial charge < -0.3 is 14.6 Å². The van der Waals surface area contributed by atoms with Gasteiger partial charge >= 0.3 is 5.97 Å². The first-order chi connectivity index (χ1) is 16.3. The van der Waals surface area contributed by atoms with Crippen LogP contribution in [0.2, 0.25) is 0 Å². The molecular formula is C29H45NO4. The van der Waals surface area contributed by atoms with E-state index in [1.807, 2.05) is 0 Å². The summed E-state index contributed by atoms with van der Waals surface area (Å²) in [5.74, 6) is 0.512. The number of ether oxygens (including phenoxy) is 2. The fourth-order valence-corrected chi connectivity index (χ4v) is 8.87. The number of carboxylic acid groups (broad SMARTS) is 1. The maximum absolute atomic E-state index is 13.4. The average Bonchev–Trinajstić information content (AvgIpc) is 3.37. The molecule has 4 aliphatic rings. The molecule has 0 saturated heterocycles. The van der Waals surface area contributed by atoms with Crippen molar-refractivity contribution in [3.8, 4) is 6.07 Å². The standard InChI is InChI=1S/C29H45NO4/c1-5-6-7-8-9-10-13-33-19-34-18-28-16-23-21(4)11-12-24(23)27(17-30)15-22(28)14-25(20(2)3)29(27,28)26(31)32/h14,20-24H,5-13,15-16,18-19H2,1-4H3,(H,31,32)/t21-,22+,23-,24-,27+,28+,29+/m0/s1. The third kappa shape index (κ3) is 3.50. The molecule has 0 aliphatic heterocycles. The van der Waals surface area contributed by atoms with Gasteiger partial charge in [0.05, 0.1) is 18.1 Å². The van der Waals surface area contributed by atoms with Crippen LogP contribution in [0.3, 0.4) is 0 Å². The molecule has 0 heterocycles. The van der Waals surface area contributed by atoms with Crippen LogP contribution in [0.15, 0.2) is 11.6 Å². The Kier molecular flexibility index (Phi) is 7.51. The van der Waals surface area contributed by atoms with Crippen LogP contribution in [0.25, 0.3) is 0 Å². The van der Waals surface area contributed by atoms with Crippen LogP contribution in [-0.4, -0.2) is 31.1 Å². The predicted octanol–water partition coefficient (Wildman–Crippen LogP) is 6.59. The van der Waals surface area contributed by atoms with Crippen molar-refractivity contribution in [1.82, 2.24) is 0 Å². The molecule has 0 aromatic carbocycles. The molecule has 0 aromatic heterocycles. The molecule has 3 saturated carbocycles. The Labute approximate surface area is 206 Å². The molecule has 34 heavy (non-hydrogen) atoms. The van der Waals surface area contributed by atoms with Crippen LogP contribution in [0.1, 0.15) is 91.9 Å². The maximum atomic E-state index is 13.4. The largest absolute Gasteiger partial charge is 0.481 e. The third-order valence-corrected chi connectivity index (χ3v) is 10.2. The van der Waals surface area contributed by atoms with E-state index >= 15 is 0 Å². The van der Waals surface area contributed by atoms with Gasteiger partial charge in [-0.3, -0.25) is 4.79 Å². The van der Waals surface area contributed by atoms with Gasteiger partial charge in [0, 0.05) is 12.0 Å². The Morgan fingerprint density at radius 2 is 1.91 bits per heavy atom. The highest BCUT2D eigenvalue weighted by Crippen LogP contribution is 2.83. The van der Waals surface area contributed by atoms with Crippen molar-refractivity contribution < 1.29 is 19.4 Å². The van der Waals surface area contributed by atoms with Gasteiger partial charge in [0.25, 0.3) is 0 Å². The van der Waals surface area contributed by atoms with E-state index in [-0.39, 0.29) is 24.5 Å². The van der Waals surface area contributed by atoms with Crippen molar-refractivity contribution in [3.63, 3.8) is 0 Å². The van der Waals surface area contributed by atoms with E-state index in [9.17, 15) is 15.2 Å². The summed E-state index contributed by atoms with van der Waals surface area (Å²) in [6.45, 7) is 9.96. The molecule has 4 rings (SSSR count). The van der Waals surface area contributed by atoms with Crippen LogP contribution in [0, 0.1) is 57.2 Å². The molecule has 4 aliphatic carbocycles. The molecule has 5 heteroatoms. The lowest BCUT2D eigenvalue weighted by Gasteiger charge is -2.57. The predicted molar refractivity (Wildman–Crippen MR) is 132 cm³/mol. The number of hydrogen-bond donors (Lipinski definition) is 1. The number of rotatable bonds is 13. The Bertz CT molecular complexity index is 830. The van der Waals surface area contributed by atoms with Gasteiger partial charge in [-0.25, -0.2) is 0 Å². The zero-order valence-electron chi connectivity index (χ0n) is 21.8. The number of nitriles is 1. The lowest BCUT2D eigenvalue weighted by Crippen LogP contribution is -2.62. The second kappa shape index (κ2) is 9.94. The van der Waals surface area contributed by atoms with E-state index in [4.69, 9.17) is 9.47 Å². The first-order valence-corrected chi connectivity index (χ1v) is 13.8. The van der Waals surface area contributed by atoms with Crippen molar-refractivity contribution in [2.75, 3.05) is 20.0 Å². The lowest BCUT2D eigenvalue weighted by atomic mass is 9.43. The van der Waals surface area contributed by atoms with Crippen molar-refractivity contribution in [1.29, 1.82) is 5.26 Å². The van der Waals surface area contributed by atoms with Crippen LogP contribution >= 0.6 is 0 Å². The molecule has 0 unspecified atom stereocenters. The number of fused-ring (bicyclic) bond motifs is 2. The van der Waals surface area contributed by atoms with Crippen molar-refractivity contribution in [2.45, 2.75) is 91.9 Å². The van der Waals surface area contributed by atoms with Gasteiger partial charge in [0.2, 0.25) is 0 Å². The minimum absolute atomic E-state index is 0.0945. The second-order valence-electron chi connectivity index (χ2n) is 12.1. The zero-order chi connectivity index (χ0) is 24.6. The average molecular weight is 472 g/mol. The SMILES string of the molecule is CCCCCCCCOCOC[C@]12C[C@H]3[C@@H](C)CC[C@@H]3[C@]3(C#N)C[C@H]1C=C(C(C)C)[C@]23C(=O)O. The van der Waals surface area contributed by atoms with Crippen LogP contribution in [0.4, 0.5) is 0 Å². The monoisotopic (exact) mass is 471 g/mol. The summed E-state index contributed by atoms with van der Waals surface area (Å²) in [5, 5.41) is 21.6. The Morgan fingerprint density at radius 1 is 1.18 bits per heavy atom. The van der Waals surface area contributed by atoms with Gasteiger partial charge in [-0.05, 0) is 55.3 Å². The summed E-state index contributed by atoms with van der Waals surface area (Å²) in [5.41, 5.74) is -1.53. The summed E-state index contributed by atoms with van der Waals surface area (Å²) in [6, 6.07) is 2.69. The molecule has 0 amide bonds. The van der Waals surface area contributed by atoms with E-state index < -0.39 is 22.2 Å². The highest BCUT2D eigenvalue weighted by atomic mass is 16.7. The number of carboxylic acids is 1. The van der Waals surface area contributed by atoms with Crippen molar-refractivity contribution >= 4 is 5.97 Å². The molecule has 190 valence electrons. The number of hydrogen-bond acceptors (Lipinski definition) is 4. The summed E-state index contributed by atoms with van der Waals surface area (Å²) < 4.78 is 12.0. The van der Waals surface area contributed by atoms with Crippen LogP contribution in [-0.2, 0) is 14.3 Å². The molecule has 0 radical (unpaired) electrons. The molecule has 0 aromatic rings. The lowest BCUT2D eigenvalue weighted by molar-refractivity contribution is -0.185. The normalized spacial score (nSPS) is 39.8. The highest BCUT2D eigenvalue weighted by Gasteiger charge is 2.84. The second-order valence-corrected chi connectivity index (χ2v) is 12.1. The Hall–Kier alpha value is -1.38. The topological polar surface area (TPSA) is 79.5 Å². The van der Waals surface area contributed by atoms with Crippen LogP contribution < -0.4 is 0 Å². The first kappa shape index (κ1) is 25.7. The Morgan fingerprint density at radius 3 is 2.59 bits per heavy atom. The molecule has 0 spiro atoms. The van der Waals surface area contributed by atoms with Gasteiger partial charge in [-0.1, -0.05) is 77.9 Å². The third-order valence-electron chi connectivity index (χ3n) is 10.2. The number of nitrogens with zero attached hydrogens (tertiary/aromatic N) is 1. The van der Waals surface area contributed by atoms with Crippen molar-refractivity contribution in [2.24, 2.45) is 45.8 Å². The minimum Gasteiger partial charge on any atom is -0.481 e. The van der Waals surface area contributed by atoms with Gasteiger partial charge in [-0.15, -0.1) is 0 Å². The van der Waals surface area contributed by atoms with Gasteiger partial charge in [0.1, 0.15) is 12.2 Å². The molecule has 4 bridgehead atoms. The number of allylic oxidation sites excluding steroid dienone is 1. The fourth-order valence-electron chi connectivity index (χ4n) is 8.87. The summed E-state index contributed by atoms with van der Waals surface area (Å²) in [7, 11) is 0. The van der Waals surface area contributed by atoms with E-state index in [0.29, 0.717) is 31.5 Å². The van der Waals surface area contributed by atoms with E-state index in [1.165, 1.54) is 32.1 Å².